The van der Waals surface area contributed by atoms with Gasteiger partial charge < -0.3 is 31.5 Å². The van der Waals surface area contributed by atoms with Gasteiger partial charge in [0.25, 0.3) is 5.91 Å². The van der Waals surface area contributed by atoms with Gasteiger partial charge in [0.2, 0.25) is 0 Å². The molecule has 204 valence electrons. The van der Waals surface area contributed by atoms with Gasteiger partial charge in [0.15, 0.2) is 5.96 Å². The topological polar surface area (TPSA) is 143 Å². The number of anilines is 1. The molecule has 1 atom stereocenters. The fourth-order valence-corrected chi connectivity index (χ4v) is 4.57. The molecule has 6 N–H and O–H groups in total. The quantitative estimate of drug-likeness (QED) is 0.240. The highest BCUT2D eigenvalue weighted by Crippen LogP contribution is 2.33. The van der Waals surface area contributed by atoms with Crippen molar-refractivity contribution in [1.29, 1.82) is 0 Å². The number of benzene rings is 3. The number of ether oxygens (including phenoxy) is 1. The third kappa shape index (κ3) is 7.81. The number of rotatable bonds is 9. The Bertz CT molecular complexity index is 1290. The molecule has 1 heterocycles. The Morgan fingerprint density at radius 3 is 2.31 bits per heavy atom. The van der Waals surface area contributed by atoms with Crippen LogP contribution in [0.4, 0.5) is 5.69 Å². The zero-order valence-corrected chi connectivity index (χ0v) is 21.9. The number of nitrogens with zero attached hydrogens (tertiary/aromatic N) is 2. The minimum Gasteiger partial charge on any atom is -0.480 e. The summed E-state index contributed by atoms with van der Waals surface area (Å²) in [5.74, 6) is -0.140. The van der Waals surface area contributed by atoms with Gasteiger partial charge in [0.05, 0.1) is 0 Å². The van der Waals surface area contributed by atoms with Gasteiger partial charge in [0, 0.05) is 36.4 Å². The first-order valence-electron chi connectivity index (χ1n) is 13.2. The first-order valence-corrected chi connectivity index (χ1v) is 13.2. The molecule has 4 rings (SSSR count). The summed E-state index contributed by atoms with van der Waals surface area (Å²) >= 11 is 0. The van der Waals surface area contributed by atoms with Crippen LogP contribution in [-0.2, 0) is 17.8 Å². The van der Waals surface area contributed by atoms with Crippen molar-refractivity contribution in [3.63, 3.8) is 0 Å². The van der Waals surface area contributed by atoms with Crippen LogP contribution < -0.4 is 26.4 Å². The highest BCUT2D eigenvalue weighted by Gasteiger charge is 2.18. The lowest BCUT2D eigenvalue weighted by Gasteiger charge is -2.27. The molecule has 0 bridgehead atoms. The van der Waals surface area contributed by atoms with Crippen molar-refractivity contribution >= 4 is 23.5 Å². The molecule has 1 fully saturated rings. The summed E-state index contributed by atoms with van der Waals surface area (Å²) in [6.45, 7) is 2.26. The number of nitrogens with one attached hydrogen (secondary N) is 1. The van der Waals surface area contributed by atoms with E-state index in [0.717, 1.165) is 42.9 Å². The Balaban J connectivity index is 1.50. The van der Waals surface area contributed by atoms with Crippen molar-refractivity contribution in [3.05, 3.63) is 89.5 Å². The van der Waals surface area contributed by atoms with E-state index in [1.807, 2.05) is 42.5 Å². The number of carbonyl (C=O) groups is 2. The first kappa shape index (κ1) is 27.7. The fraction of sp³-hybridized carbons (Fsp3) is 0.300. The van der Waals surface area contributed by atoms with Gasteiger partial charge in [-0.15, -0.1) is 0 Å². The Hall–Kier alpha value is -4.37. The van der Waals surface area contributed by atoms with Gasteiger partial charge in [-0.3, -0.25) is 9.59 Å². The van der Waals surface area contributed by atoms with Gasteiger partial charge in [-0.1, -0.05) is 49.2 Å². The normalized spacial score (nSPS) is 14.8. The number of amides is 1. The van der Waals surface area contributed by atoms with E-state index in [1.54, 1.807) is 24.3 Å². The zero-order chi connectivity index (χ0) is 27.6. The van der Waals surface area contributed by atoms with Crippen molar-refractivity contribution in [3.8, 4) is 11.5 Å². The molecule has 0 saturated carbocycles. The summed E-state index contributed by atoms with van der Waals surface area (Å²) in [5, 5.41) is 12.1. The van der Waals surface area contributed by atoms with Crippen LogP contribution in [0.3, 0.4) is 0 Å². The second kappa shape index (κ2) is 13.4. The minimum absolute atomic E-state index is 0.00620. The Kier molecular flexibility index (Phi) is 9.53. The Morgan fingerprint density at radius 1 is 0.949 bits per heavy atom. The number of hydrogen-bond acceptors (Lipinski definition) is 5. The van der Waals surface area contributed by atoms with Crippen LogP contribution >= 0.6 is 0 Å². The van der Waals surface area contributed by atoms with Crippen molar-refractivity contribution in [2.75, 3.05) is 18.0 Å². The predicted molar refractivity (Wildman–Crippen MR) is 152 cm³/mol. The number of carbonyl (C=O) groups excluding carboxylic acids is 1. The second-order valence-electron chi connectivity index (χ2n) is 9.57. The van der Waals surface area contributed by atoms with E-state index in [4.69, 9.17) is 21.3 Å². The van der Waals surface area contributed by atoms with Crippen LogP contribution in [0.1, 0.15) is 47.2 Å². The van der Waals surface area contributed by atoms with E-state index < -0.39 is 17.9 Å². The van der Waals surface area contributed by atoms with E-state index in [-0.39, 0.29) is 12.4 Å². The Morgan fingerprint density at radius 2 is 1.64 bits per heavy atom. The number of hydrogen-bond donors (Lipinski definition) is 4. The van der Waals surface area contributed by atoms with E-state index in [2.05, 4.69) is 21.3 Å². The first-order chi connectivity index (χ1) is 18.9. The molecule has 3 aromatic carbocycles. The number of carboxylic acids is 1. The van der Waals surface area contributed by atoms with Gasteiger partial charge in [-0.2, -0.15) is 4.99 Å². The third-order valence-electron chi connectivity index (χ3n) is 6.67. The van der Waals surface area contributed by atoms with E-state index >= 15 is 0 Å². The predicted octanol–water partition coefficient (Wildman–Crippen LogP) is 4.06. The lowest BCUT2D eigenvalue weighted by molar-refractivity contribution is -0.138. The zero-order valence-electron chi connectivity index (χ0n) is 21.9. The SMILES string of the molecule is N/C(=N\C(=O)c1ccc(C[C@H](N)C(=O)O)cc1)NCc1c(Oc2ccccc2)cccc1N1CCCCCC1. The molecule has 0 aliphatic carbocycles. The number of guanidine groups is 1. The largest absolute Gasteiger partial charge is 0.480 e. The molecular weight excluding hydrogens is 494 g/mol. The maximum atomic E-state index is 12.7. The molecule has 0 spiro atoms. The molecule has 1 aliphatic rings. The molecule has 3 aromatic rings. The van der Waals surface area contributed by atoms with Gasteiger partial charge >= 0.3 is 5.97 Å². The average Bonchev–Trinajstić information content (AvgIpc) is 3.23. The van der Waals surface area contributed by atoms with Crippen molar-refractivity contribution in [2.24, 2.45) is 16.5 Å². The summed E-state index contributed by atoms with van der Waals surface area (Å²) in [7, 11) is 0. The van der Waals surface area contributed by atoms with Crippen molar-refractivity contribution in [2.45, 2.75) is 44.7 Å². The lowest BCUT2D eigenvalue weighted by atomic mass is 10.0. The summed E-state index contributed by atoms with van der Waals surface area (Å²) in [4.78, 5) is 30.1. The monoisotopic (exact) mass is 529 g/mol. The van der Waals surface area contributed by atoms with Crippen LogP contribution in [0.15, 0.2) is 77.8 Å². The molecule has 1 amide bonds. The molecule has 9 nitrogen and oxygen atoms in total. The average molecular weight is 530 g/mol. The molecular formula is C30H35N5O4. The van der Waals surface area contributed by atoms with E-state index in [9.17, 15) is 9.59 Å². The standard InChI is InChI=1S/C30H35N5O4/c31-25(29(37)38)19-21-13-15-22(16-14-21)28(36)34-30(32)33-20-24-26(35-17-6-1-2-7-18-35)11-8-12-27(24)39-23-9-4-3-5-10-23/h3-5,8-16,25H,1-2,6-7,17-20,31H2,(H,37,38)(H3,32,33,34,36)/t25-/m0/s1. The third-order valence-corrected chi connectivity index (χ3v) is 6.67. The van der Waals surface area contributed by atoms with Crippen LogP contribution in [-0.4, -0.2) is 42.1 Å². The van der Waals surface area contributed by atoms with E-state index in [1.165, 1.54) is 12.8 Å². The molecule has 0 unspecified atom stereocenters. The lowest BCUT2D eigenvalue weighted by Crippen LogP contribution is -2.33. The van der Waals surface area contributed by atoms with Gasteiger partial charge in [-0.25, -0.2) is 0 Å². The molecule has 0 aromatic heterocycles. The van der Waals surface area contributed by atoms with Crippen LogP contribution in [0.5, 0.6) is 11.5 Å². The summed E-state index contributed by atoms with van der Waals surface area (Å²) in [6.07, 6.45) is 4.88. The highest BCUT2D eigenvalue weighted by atomic mass is 16.5. The molecule has 9 heteroatoms. The molecule has 1 saturated heterocycles. The maximum Gasteiger partial charge on any atom is 0.320 e. The fourth-order valence-electron chi connectivity index (χ4n) is 4.57. The molecule has 1 aliphatic heterocycles. The molecule has 0 radical (unpaired) electrons. The number of aliphatic imine (C=N–C) groups is 1. The van der Waals surface area contributed by atoms with Crippen LogP contribution in [0, 0.1) is 0 Å². The van der Waals surface area contributed by atoms with Crippen molar-refractivity contribution < 1.29 is 19.4 Å². The number of carboxylic acid groups (broad SMARTS) is 1. The van der Waals surface area contributed by atoms with Crippen LogP contribution in [0.25, 0.3) is 0 Å². The number of aliphatic carboxylic acids is 1. The summed E-state index contributed by atoms with van der Waals surface area (Å²) in [6, 6.07) is 21.1. The Labute approximate surface area is 228 Å². The number of nitrogens with two attached hydrogens (primary N) is 2. The molecule has 39 heavy (non-hydrogen) atoms. The van der Waals surface area contributed by atoms with Gasteiger partial charge in [-0.05, 0) is 61.2 Å². The van der Waals surface area contributed by atoms with Crippen LogP contribution in [0.2, 0.25) is 0 Å². The smallest absolute Gasteiger partial charge is 0.320 e. The highest BCUT2D eigenvalue weighted by molar-refractivity contribution is 6.02. The van der Waals surface area contributed by atoms with Gasteiger partial charge in [0.1, 0.15) is 17.5 Å². The van der Waals surface area contributed by atoms with Crippen molar-refractivity contribution in [1.82, 2.24) is 5.32 Å². The summed E-state index contributed by atoms with van der Waals surface area (Å²) < 4.78 is 6.25. The second-order valence-corrected chi connectivity index (χ2v) is 9.57. The number of para-hydroxylation sites is 1. The summed E-state index contributed by atoms with van der Waals surface area (Å²) in [5.41, 5.74) is 14.8. The minimum atomic E-state index is -1.08. The maximum absolute atomic E-state index is 12.7. The van der Waals surface area contributed by atoms with E-state index in [0.29, 0.717) is 23.4 Å².